The molecule has 0 radical (unpaired) electrons. The van der Waals surface area contributed by atoms with E-state index < -0.39 is 21.2 Å². The van der Waals surface area contributed by atoms with Gasteiger partial charge in [0, 0.05) is 0 Å². The maximum atomic E-state index is 10.8. The second-order valence-corrected chi connectivity index (χ2v) is 5.41. The molecule has 0 spiro atoms. The lowest BCUT2D eigenvalue weighted by molar-refractivity contribution is 0.482. The highest BCUT2D eigenvalue weighted by Crippen LogP contribution is 2.27. The van der Waals surface area contributed by atoms with Crippen molar-refractivity contribution in [1.29, 1.82) is 0 Å². The molecule has 0 aromatic carbocycles. The highest BCUT2D eigenvalue weighted by atomic mass is 32.2. The number of rotatable bonds is 2. The minimum absolute atomic E-state index is 0.00993. The van der Waals surface area contributed by atoms with E-state index in [0.29, 0.717) is 6.42 Å². The molecule has 2 atom stereocenters. The molecule has 0 aromatic rings. The molecule has 80 valence electrons. The fourth-order valence-corrected chi connectivity index (χ4v) is 2.62. The van der Waals surface area contributed by atoms with Crippen molar-refractivity contribution in [3.63, 3.8) is 0 Å². The predicted molar refractivity (Wildman–Crippen MR) is 52.3 cm³/mol. The van der Waals surface area contributed by atoms with Gasteiger partial charge in [0.1, 0.15) is 0 Å². The van der Waals surface area contributed by atoms with Gasteiger partial charge >= 0.3 is 0 Å². The van der Waals surface area contributed by atoms with Gasteiger partial charge in [-0.3, -0.25) is 4.55 Å². The minimum Gasteiger partial charge on any atom is -0.302 e. The Bertz CT molecular complexity index is 417. The lowest BCUT2D eigenvalue weighted by Crippen LogP contribution is -2.14. The quantitative estimate of drug-likeness (QED) is 0.551. The van der Waals surface area contributed by atoms with Crippen molar-refractivity contribution >= 4 is 21.2 Å². The van der Waals surface area contributed by atoms with E-state index >= 15 is 0 Å². The van der Waals surface area contributed by atoms with Crippen LogP contribution in [0, 0.1) is 5.92 Å². The first-order valence-corrected chi connectivity index (χ1v) is 6.37. The normalized spacial score (nSPS) is 25.2. The average Bonchev–Trinajstić information content (AvgIpc) is 2.02. The van der Waals surface area contributed by atoms with E-state index in [-0.39, 0.29) is 15.7 Å². The van der Waals surface area contributed by atoms with Crippen molar-refractivity contribution in [2.75, 3.05) is 0 Å². The topological polar surface area (TPSA) is 91.7 Å². The number of hydrogen-bond acceptors (Lipinski definition) is 3. The molecule has 1 aliphatic rings. The largest absolute Gasteiger partial charge is 0.302 e. The Labute approximate surface area is 84.5 Å². The van der Waals surface area contributed by atoms with Crippen LogP contribution < -0.4 is 0 Å². The predicted octanol–water partition coefficient (Wildman–Crippen LogP) is 0.904. The zero-order valence-corrected chi connectivity index (χ0v) is 9.01. The third kappa shape index (κ3) is 2.50. The molecule has 14 heavy (non-hydrogen) atoms. The summed E-state index contributed by atoms with van der Waals surface area (Å²) >= 11 is -2.21. The van der Waals surface area contributed by atoms with Gasteiger partial charge in [-0.25, -0.2) is 4.21 Å². The van der Waals surface area contributed by atoms with Gasteiger partial charge < -0.3 is 4.55 Å². The Kier molecular flexibility index (Phi) is 3.25. The molecule has 2 unspecified atom stereocenters. The summed E-state index contributed by atoms with van der Waals surface area (Å²) in [6.07, 6.45) is 2.85. The standard InChI is InChI=1S/C7H10O5S2/c1-5-2-3-6(13(8)9)4-7(5)14(10,11)12/h3-5H,2H2,1H3,(H,8,9)(H,10,11,12). The van der Waals surface area contributed by atoms with Crippen LogP contribution in [0.5, 0.6) is 0 Å². The average molecular weight is 238 g/mol. The van der Waals surface area contributed by atoms with Crippen molar-refractivity contribution in [1.82, 2.24) is 0 Å². The first-order valence-electron chi connectivity index (χ1n) is 3.82. The molecular weight excluding hydrogens is 228 g/mol. The summed E-state index contributed by atoms with van der Waals surface area (Å²) in [4.78, 5) is -0.201. The van der Waals surface area contributed by atoms with Crippen LogP contribution in [-0.2, 0) is 21.2 Å². The molecule has 7 heteroatoms. The molecule has 1 aliphatic carbocycles. The monoisotopic (exact) mass is 238 g/mol. The van der Waals surface area contributed by atoms with E-state index in [2.05, 4.69) is 0 Å². The van der Waals surface area contributed by atoms with Gasteiger partial charge in [-0.1, -0.05) is 13.0 Å². The van der Waals surface area contributed by atoms with Gasteiger partial charge in [0.2, 0.25) is 0 Å². The summed E-state index contributed by atoms with van der Waals surface area (Å²) in [7, 11) is -4.27. The fourth-order valence-electron chi connectivity index (χ4n) is 1.20. The molecule has 0 aromatic heterocycles. The van der Waals surface area contributed by atoms with E-state index in [9.17, 15) is 12.6 Å². The van der Waals surface area contributed by atoms with Crippen LogP contribution in [0.4, 0.5) is 0 Å². The molecule has 0 aliphatic heterocycles. The van der Waals surface area contributed by atoms with E-state index in [1.54, 1.807) is 6.92 Å². The molecule has 0 saturated carbocycles. The van der Waals surface area contributed by atoms with Gasteiger partial charge in [-0.05, 0) is 18.4 Å². The number of hydrogen-bond donors (Lipinski definition) is 2. The van der Waals surface area contributed by atoms with Crippen LogP contribution in [0.1, 0.15) is 13.3 Å². The highest BCUT2D eigenvalue weighted by Gasteiger charge is 2.24. The van der Waals surface area contributed by atoms with Gasteiger partial charge in [-0.2, -0.15) is 8.42 Å². The van der Waals surface area contributed by atoms with Crippen LogP contribution in [-0.4, -0.2) is 21.7 Å². The Hall–Kier alpha value is -0.500. The van der Waals surface area contributed by atoms with E-state index in [1.807, 2.05) is 0 Å². The Morgan fingerprint density at radius 2 is 2.14 bits per heavy atom. The van der Waals surface area contributed by atoms with Crippen LogP contribution in [0.3, 0.4) is 0 Å². The highest BCUT2D eigenvalue weighted by molar-refractivity contribution is 7.90. The lowest BCUT2D eigenvalue weighted by atomic mass is 10.0. The lowest BCUT2D eigenvalue weighted by Gasteiger charge is -2.16. The van der Waals surface area contributed by atoms with E-state index in [1.165, 1.54) is 6.08 Å². The van der Waals surface area contributed by atoms with E-state index in [0.717, 1.165) is 6.08 Å². The van der Waals surface area contributed by atoms with Gasteiger partial charge in [0.15, 0.2) is 11.1 Å². The Morgan fingerprint density at radius 1 is 1.57 bits per heavy atom. The second kappa shape index (κ2) is 3.93. The van der Waals surface area contributed by atoms with Crippen molar-refractivity contribution in [3.8, 4) is 0 Å². The second-order valence-electron chi connectivity index (χ2n) is 3.01. The summed E-state index contributed by atoms with van der Waals surface area (Å²) in [5.74, 6) is -0.364. The first-order chi connectivity index (χ1) is 6.32. The van der Waals surface area contributed by atoms with Gasteiger partial charge in [0.05, 0.1) is 9.81 Å². The smallest absolute Gasteiger partial charge is 0.290 e. The SMILES string of the molecule is CC1CC=C(S(=O)O)C=C1S(=O)(=O)O. The zero-order valence-electron chi connectivity index (χ0n) is 7.37. The van der Waals surface area contributed by atoms with Crippen molar-refractivity contribution in [3.05, 3.63) is 22.0 Å². The van der Waals surface area contributed by atoms with Gasteiger partial charge in [-0.15, -0.1) is 0 Å². The fraction of sp³-hybridized carbons (Fsp3) is 0.429. The molecular formula is C7H10O5S2. The summed E-state index contributed by atoms with van der Waals surface area (Å²) < 4.78 is 49.9. The molecule has 2 N–H and O–H groups in total. The molecule has 1 rings (SSSR count). The summed E-state index contributed by atoms with van der Waals surface area (Å²) in [5.41, 5.74) is 0. The third-order valence-corrected chi connectivity index (χ3v) is 3.75. The number of allylic oxidation sites excluding steroid dienone is 3. The van der Waals surface area contributed by atoms with Crippen LogP contribution in [0.25, 0.3) is 0 Å². The maximum Gasteiger partial charge on any atom is 0.290 e. The summed E-state index contributed by atoms with van der Waals surface area (Å²) in [6, 6.07) is 0. The molecule has 5 nitrogen and oxygen atoms in total. The van der Waals surface area contributed by atoms with Crippen molar-refractivity contribution in [2.24, 2.45) is 5.92 Å². The minimum atomic E-state index is -4.27. The van der Waals surface area contributed by atoms with Gasteiger partial charge in [0.25, 0.3) is 10.1 Å². The molecule has 0 fully saturated rings. The Morgan fingerprint density at radius 3 is 2.57 bits per heavy atom. The summed E-state index contributed by atoms with van der Waals surface area (Å²) in [5, 5.41) is 0. The van der Waals surface area contributed by atoms with Crippen molar-refractivity contribution < 1.29 is 21.7 Å². The summed E-state index contributed by atoms with van der Waals surface area (Å²) in [6.45, 7) is 1.62. The maximum absolute atomic E-state index is 10.8. The van der Waals surface area contributed by atoms with Crippen LogP contribution in [0.15, 0.2) is 22.0 Å². The Balaban J connectivity index is 3.16. The molecule has 0 amide bonds. The molecule has 0 heterocycles. The molecule has 0 bridgehead atoms. The molecule has 0 saturated heterocycles. The first kappa shape index (κ1) is 11.6. The zero-order chi connectivity index (χ0) is 10.9. The third-order valence-electron chi connectivity index (χ3n) is 1.94. The van der Waals surface area contributed by atoms with Crippen molar-refractivity contribution in [2.45, 2.75) is 13.3 Å². The van der Waals surface area contributed by atoms with Crippen LogP contribution in [0.2, 0.25) is 0 Å². The van der Waals surface area contributed by atoms with Crippen LogP contribution >= 0.6 is 0 Å². The van der Waals surface area contributed by atoms with E-state index in [4.69, 9.17) is 9.11 Å².